The molecule has 0 aromatic carbocycles. The number of aliphatic hydroxyl groups is 1. The quantitative estimate of drug-likeness (QED) is 0.735. The first-order valence-electron chi connectivity index (χ1n) is 6.28. The minimum Gasteiger partial charge on any atom is -0.396 e. The predicted octanol–water partition coefficient (Wildman–Crippen LogP) is 3.22. The summed E-state index contributed by atoms with van der Waals surface area (Å²) >= 11 is 0. The molecule has 1 nitrogen and oxygen atoms in total. The fourth-order valence-corrected chi connectivity index (χ4v) is 3.43. The third-order valence-electron chi connectivity index (χ3n) is 4.81. The van der Waals surface area contributed by atoms with Gasteiger partial charge >= 0.3 is 0 Å². The summed E-state index contributed by atoms with van der Waals surface area (Å²) in [7, 11) is 0. The molecular weight excluding hydrogens is 172 g/mol. The van der Waals surface area contributed by atoms with Crippen LogP contribution < -0.4 is 0 Å². The molecule has 0 spiro atoms. The third-order valence-corrected chi connectivity index (χ3v) is 4.81. The van der Waals surface area contributed by atoms with E-state index in [1.165, 1.54) is 38.5 Å². The Hall–Kier alpha value is -0.0400. The van der Waals surface area contributed by atoms with Crippen LogP contribution in [0.2, 0.25) is 0 Å². The van der Waals surface area contributed by atoms with Crippen molar-refractivity contribution in [1.29, 1.82) is 0 Å². The maximum atomic E-state index is 9.28. The molecule has 0 radical (unpaired) electrons. The summed E-state index contributed by atoms with van der Waals surface area (Å²) in [6.45, 7) is 5.06. The molecule has 0 heterocycles. The topological polar surface area (TPSA) is 20.2 Å². The summed E-state index contributed by atoms with van der Waals surface area (Å²) in [6, 6.07) is 0. The lowest BCUT2D eigenvalue weighted by atomic mass is 9.77. The van der Waals surface area contributed by atoms with Crippen molar-refractivity contribution in [3.63, 3.8) is 0 Å². The van der Waals surface area contributed by atoms with Crippen molar-refractivity contribution in [2.75, 3.05) is 6.61 Å². The third kappa shape index (κ3) is 1.84. The predicted molar refractivity (Wildman–Crippen MR) is 59.0 cm³/mol. The SMILES string of the molecule is C[C@H](C1CCCCC1)C1CC1(C)CO. The fraction of sp³-hybridized carbons (Fsp3) is 1.00. The molecule has 0 aromatic rings. The van der Waals surface area contributed by atoms with Crippen LogP contribution in [0.4, 0.5) is 0 Å². The van der Waals surface area contributed by atoms with Crippen LogP contribution in [0.25, 0.3) is 0 Å². The molecule has 2 aliphatic rings. The Labute approximate surface area is 87.9 Å². The van der Waals surface area contributed by atoms with Gasteiger partial charge in [-0.25, -0.2) is 0 Å². The van der Waals surface area contributed by atoms with Crippen LogP contribution in [0.15, 0.2) is 0 Å². The number of hydrogen-bond donors (Lipinski definition) is 1. The molecule has 82 valence electrons. The highest BCUT2D eigenvalue weighted by Crippen LogP contribution is 2.58. The molecule has 2 aliphatic carbocycles. The molecule has 1 N–H and O–H groups in total. The Morgan fingerprint density at radius 2 is 1.93 bits per heavy atom. The molecule has 0 aliphatic heterocycles. The lowest BCUT2D eigenvalue weighted by Gasteiger charge is -2.29. The first-order valence-corrected chi connectivity index (χ1v) is 6.28. The lowest BCUT2D eigenvalue weighted by molar-refractivity contribution is 0.170. The summed E-state index contributed by atoms with van der Waals surface area (Å²) in [5, 5.41) is 9.28. The van der Waals surface area contributed by atoms with Gasteiger partial charge in [0, 0.05) is 6.61 Å². The first kappa shape index (κ1) is 10.5. The summed E-state index contributed by atoms with van der Waals surface area (Å²) in [5.41, 5.74) is 0.289. The molecule has 1 heteroatoms. The maximum Gasteiger partial charge on any atom is 0.0487 e. The number of aliphatic hydroxyl groups excluding tert-OH is 1. The largest absolute Gasteiger partial charge is 0.396 e. The molecule has 14 heavy (non-hydrogen) atoms. The minimum atomic E-state index is 0.289. The summed E-state index contributed by atoms with van der Waals surface area (Å²) in [6.07, 6.45) is 8.49. The van der Waals surface area contributed by atoms with Crippen LogP contribution in [0.1, 0.15) is 52.4 Å². The molecule has 3 atom stereocenters. The van der Waals surface area contributed by atoms with Crippen LogP contribution in [0.5, 0.6) is 0 Å². The number of rotatable bonds is 3. The smallest absolute Gasteiger partial charge is 0.0487 e. The second-order valence-electron chi connectivity index (χ2n) is 5.88. The number of hydrogen-bond acceptors (Lipinski definition) is 1. The van der Waals surface area contributed by atoms with Gasteiger partial charge in [0.25, 0.3) is 0 Å². The van der Waals surface area contributed by atoms with Crippen LogP contribution in [0.3, 0.4) is 0 Å². The van der Waals surface area contributed by atoms with E-state index in [-0.39, 0.29) is 5.41 Å². The minimum absolute atomic E-state index is 0.289. The Bertz CT molecular complexity index is 191. The van der Waals surface area contributed by atoms with E-state index >= 15 is 0 Å². The molecule has 0 bridgehead atoms. The van der Waals surface area contributed by atoms with Crippen molar-refractivity contribution in [2.45, 2.75) is 52.4 Å². The van der Waals surface area contributed by atoms with E-state index in [4.69, 9.17) is 0 Å². The van der Waals surface area contributed by atoms with Gasteiger partial charge in [-0.15, -0.1) is 0 Å². The molecular formula is C13H24O. The van der Waals surface area contributed by atoms with E-state index in [2.05, 4.69) is 13.8 Å². The molecule has 2 saturated carbocycles. The van der Waals surface area contributed by atoms with Gasteiger partial charge in [-0.3, -0.25) is 0 Å². The summed E-state index contributed by atoms with van der Waals surface area (Å²) < 4.78 is 0. The zero-order valence-corrected chi connectivity index (χ0v) is 9.63. The Morgan fingerprint density at radius 1 is 1.29 bits per heavy atom. The van der Waals surface area contributed by atoms with Crippen LogP contribution >= 0.6 is 0 Å². The first-order chi connectivity index (χ1) is 6.67. The fourth-order valence-electron chi connectivity index (χ4n) is 3.43. The molecule has 2 unspecified atom stereocenters. The maximum absolute atomic E-state index is 9.28. The highest BCUT2D eigenvalue weighted by atomic mass is 16.3. The molecule has 0 aromatic heterocycles. The van der Waals surface area contributed by atoms with E-state index in [0.717, 1.165) is 17.8 Å². The van der Waals surface area contributed by atoms with Gasteiger partial charge in [0.15, 0.2) is 0 Å². The second kappa shape index (κ2) is 3.84. The van der Waals surface area contributed by atoms with Gasteiger partial charge in [0.2, 0.25) is 0 Å². The Kier molecular flexibility index (Phi) is 2.88. The van der Waals surface area contributed by atoms with Crippen molar-refractivity contribution in [2.24, 2.45) is 23.2 Å². The van der Waals surface area contributed by atoms with Crippen LogP contribution in [0, 0.1) is 23.2 Å². The van der Waals surface area contributed by atoms with Gasteiger partial charge in [0.1, 0.15) is 0 Å². The monoisotopic (exact) mass is 196 g/mol. The van der Waals surface area contributed by atoms with E-state index in [9.17, 15) is 5.11 Å². The van der Waals surface area contributed by atoms with Gasteiger partial charge in [-0.2, -0.15) is 0 Å². The Balaban J connectivity index is 1.86. The second-order valence-corrected chi connectivity index (χ2v) is 5.88. The van der Waals surface area contributed by atoms with Crippen LogP contribution in [-0.2, 0) is 0 Å². The van der Waals surface area contributed by atoms with Gasteiger partial charge in [-0.1, -0.05) is 46.0 Å². The van der Waals surface area contributed by atoms with Crippen molar-refractivity contribution in [1.82, 2.24) is 0 Å². The normalized spacial score (nSPS) is 40.9. The van der Waals surface area contributed by atoms with Crippen molar-refractivity contribution in [3.8, 4) is 0 Å². The average Bonchev–Trinajstić information content (AvgIpc) is 2.92. The van der Waals surface area contributed by atoms with E-state index < -0.39 is 0 Å². The lowest BCUT2D eigenvalue weighted by Crippen LogP contribution is -2.20. The highest BCUT2D eigenvalue weighted by Gasteiger charge is 2.53. The van der Waals surface area contributed by atoms with E-state index in [1.54, 1.807) is 0 Å². The van der Waals surface area contributed by atoms with Gasteiger partial charge in [-0.05, 0) is 29.6 Å². The van der Waals surface area contributed by atoms with Crippen LogP contribution in [-0.4, -0.2) is 11.7 Å². The molecule has 2 rings (SSSR count). The molecule has 2 fully saturated rings. The molecule has 0 amide bonds. The highest BCUT2D eigenvalue weighted by molar-refractivity contribution is 5.02. The summed E-state index contributed by atoms with van der Waals surface area (Å²) in [4.78, 5) is 0. The zero-order chi connectivity index (χ0) is 10.2. The van der Waals surface area contributed by atoms with Gasteiger partial charge < -0.3 is 5.11 Å². The Morgan fingerprint density at radius 3 is 2.43 bits per heavy atom. The zero-order valence-electron chi connectivity index (χ0n) is 9.63. The van der Waals surface area contributed by atoms with E-state index in [1.807, 2.05) is 0 Å². The summed E-state index contributed by atoms with van der Waals surface area (Å²) in [5.74, 6) is 2.63. The van der Waals surface area contributed by atoms with E-state index in [0.29, 0.717) is 6.61 Å². The van der Waals surface area contributed by atoms with Crippen molar-refractivity contribution in [3.05, 3.63) is 0 Å². The van der Waals surface area contributed by atoms with Crippen molar-refractivity contribution < 1.29 is 5.11 Å². The standard InChI is InChI=1S/C13H24O/c1-10(11-6-4-3-5-7-11)12-8-13(12,2)9-14/h10-12,14H,3-9H2,1-2H3/t10-,12?,13?/m1/s1. The van der Waals surface area contributed by atoms with Crippen molar-refractivity contribution >= 4 is 0 Å². The average molecular weight is 196 g/mol. The van der Waals surface area contributed by atoms with Gasteiger partial charge in [0.05, 0.1) is 0 Å². The molecule has 0 saturated heterocycles.